The first-order valence-corrected chi connectivity index (χ1v) is 11.7. The Labute approximate surface area is 200 Å². The molecule has 0 saturated heterocycles. The van der Waals surface area contributed by atoms with E-state index in [1.807, 2.05) is 67.9 Å². The second-order valence-electron chi connectivity index (χ2n) is 9.42. The van der Waals surface area contributed by atoms with Gasteiger partial charge >= 0.3 is 11.9 Å². The lowest BCUT2D eigenvalue weighted by Gasteiger charge is -2.19. The molecule has 0 amide bonds. The maximum Gasteiger partial charge on any atom is 0.341 e. The summed E-state index contributed by atoms with van der Waals surface area (Å²) in [7, 11) is 0. The Hall–Kier alpha value is -3.61. The van der Waals surface area contributed by atoms with Crippen LogP contribution in [0.5, 0.6) is 0 Å². The molecule has 1 heterocycles. The van der Waals surface area contributed by atoms with Crippen molar-refractivity contribution in [3.63, 3.8) is 0 Å². The molecule has 0 radical (unpaired) electrons. The lowest BCUT2D eigenvalue weighted by atomic mass is 10.0. The molecule has 0 bridgehead atoms. The fourth-order valence-corrected chi connectivity index (χ4v) is 3.86. The third-order valence-corrected chi connectivity index (χ3v) is 5.41. The summed E-state index contributed by atoms with van der Waals surface area (Å²) < 4.78 is 12.5. The second-order valence-corrected chi connectivity index (χ2v) is 9.42. The van der Waals surface area contributed by atoms with Crippen LogP contribution in [0.1, 0.15) is 62.5 Å². The van der Waals surface area contributed by atoms with Crippen LogP contribution in [-0.2, 0) is 14.3 Å². The highest BCUT2D eigenvalue weighted by Gasteiger charge is 2.33. The summed E-state index contributed by atoms with van der Waals surface area (Å²) >= 11 is 0. The van der Waals surface area contributed by atoms with Crippen LogP contribution in [0.3, 0.4) is 0 Å². The third-order valence-electron chi connectivity index (χ3n) is 5.41. The van der Waals surface area contributed by atoms with E-state index in [1.54, 1.807) is 13.1 Å². The van der Waals surface area contributed by atoms with Crippen molar-refractivity contribution in [3.05, 3.63) is 66.0 Å². The van der Waals surface area contributed by atoms with Crippen LogP contribution in [0.15, 0.2) is 54.7 Å². The van der Waals surface area contributed by atoms with Gasteiger partial charge in [-0.3, -0.25) is 4.79 Å². The van der Waals surface area contributed by atoms with E-state index >= 15 is 0 Å². The number of hydrogen-bond acceptors (Lipinski definition) is 6. The summed E-state index contributed by atoms with van der Waals surface area (Å²) in [6, 6.07) is 15.9. The molecule has 4 rings (SSSR count). The molecule has 7 heteroatoms. The minimum absolute atomic E-state index is 0.0927. The molecular weight excluding hydrogens is 430 g/mol. The van der Waals surface area contributed by atoms with E-state index in [1.165, 1.54) is 0 Å². The Kier molecular flexibility index (Phi) is 6.72. The summed E-state index contributed by atoms with van der Waals surface area (Å²) in [6.45, 7) is 7.78. The predicted molar refractivity (Wildman–Crippen MR) is 131 cm³/mol. The van der Waals surface area contributed by atoms with Crippen LogP contribution < -0.4 is 5.32 Å². The van der Waals surface area contributed by atoms with Gasteiger partial charge in [0.05, 0.1) is 24.2 Å². The van der Waals surface area contributed by atoms with Crippen LogP contribution in [-0.4, -0.2) is 40.5 Å². The largest absolute Gasteiger partial charge is 0.462 e. The van der Waals surface area contributed by atoms with Crippen molar-refractivity contribution >= 4 is 17.6 Å². The molecule has 1 N–H and O–H groups in total. The highest BCUT2D eigenvalue weighted by molar-refractivity contribution is 5.91. The van der Waals surface area contributed by atoms with Gasteiger partial charge < -0.3 is 14.8 Å². The second kappa shape index (κ2) is 9.71. The van der Waals surface area contributed by atoms with Gasteiger partial charge in [-0.2, -0.15) is 5.10 Å². The quantitative estimate of drug-likeness (QED) is 0.456. The van der Waals surface area contributed by atoms with Gasteiger partial charge in [0.2, 0.25) is 0 Å². The molecule has 1 aliphatic rings. The van der Waals surface area contributed by atoms with Crippen molar-refractivity contribution in [2.75, 3.05) is 18.5 Å². The molecule has 34 heavy (non-hydrogen) atoms. The zero-order valence-electron chi connectivity index (χ0n) is 20.1. The lowest BCUT2D eigenvalue weighted by molar-refractivity contribution is -0.152. The normalized spacial score (nSPS) is 13.4. The van der Waals surface area contributed by atoms with E-state index in [9.17, 15) is 9.59 Å². The molecule has 0 atom stereocenters. The van der Waals surface area contributed by atoms with Crippen molar-refractivity contribution in [1.82, 2.24) is 9.78 Å². The van der Waals surface area contributed by atoms with Gasteiger partial charge in [0.15, 0.2) is 0 Å². The highest BCUT2D eigenvalue weighted by Crippen LogP contribution is 2.43. The minimum atomic E-state index is -0.514. The molecule has 0 aliphatic heterocycles. The van der Waals surface area contributed by atoms with Gasteiger partial charge in [0.1, 0.15) is 17.7 Å². The predicted octanol–water partition coefficient (Wildman–Crippen LogP) is 5.35. The Bertz CT molecular complexity index is 1190. The van der Waals surface area contributed by atoms with E-state index < -0.39 is 5.60 Å². The topological polar surface area (TPSA) is 82.5 Å². The van der Waals surface area contributed by atoms with E-state index in [-0.39, 0.29) is 18.5 Å². The van der Waals surface area contributed by atoms with Crippen molar-refractivity contribution in [1.29, 1.82) is 0 Å². The number of hydrogen-bond donors (Lipinski definition) is 1. The standard InChI is InChI=1S/C27H31N3O4/c1-5-33-26(32)23-16-29-30(25(23)18-12-13-18)22-11-7-9-20(15-22)19-8-6-10-21(14-19)28-17-24(31)34-27(2,3)4/h6-11,14-16,18,28H,5,12-13,17H2,1-4H3. The average Bonchev–Trinajstić information content (AvgIpc) is 3.54. The molecule has 1 aliphatic carbocycles. The first-order valence-electron chi connectivity index (χ1n) is 11.7. The fourth-order valence-electron chi connectivity index (χ4n) is 3.86. The van der Waals surface area contributed by atoms with Gasteiger partial charge in [-0.1, -0.05) is 24.3 Å². The molecule has 1 aromatic heterocycles. The summed E-state index contributed by atoms with van der Waals surface area (Å²) in [5.41, 5.74) is 4.68. The number of esters is 2. The fraction of sp³-hybridized carbons (Fsp3) is 0.370. The van der Waals surface area contributed by atoms with E-state index in [2.05, 4.69) is 16.5 Å². The number of benzene rings is 2. The number of ether oxygens (including phenoxy) is 2. The van der Waals surface area contributed by atoms with Crippen LogP contribution in [0, 0.1) is 0 Å². The Morgan fingerprint density at radius 3 is 2.47 bits per heavy atom. The molecule has 3 aromatic rings. The summed E-state index contributed by atoms with van der Waals surface area (Å²) in [4.78, 5) is 24.5. The first-order chi connectivity index (χ1) is 16.2. The average molecular weight is 462 g/mol. The Balaban J connectivity index is 1.57. The van der Waals surface area contributed by atoms with Gasteiger partial charge in [0, 0.05) is 11.6 Å². The molecule has 178 valence electrons. The molecule has 7 nitrogen and oxygen atoms in total. The molecule has 2 aromatic carbocycles. The smallest absolute Gasteiger partial charge is 0.341 e. The van der Waals surface area contributed by atoms with Crippen LogP contribution in [0.4, 0.5) is 5.69 Å². The molecule has 1 fully saturated rings. The van der Waals surface area contributed by atoms with Crippen LogP contribution in [0.2, 0.25) is 0 Å². The number of nitrogens with one attached hydrogen (secondary N) is 1. The van der Waals surface area contributed by atoms with Crippen LogP contribution in [0.25, 0.3) is 16.8 Å². The van der Waals surface area contributed by atoms with Crippen molar-refractivity contribution < 1.29 is 19.1 Å². The van der Waals surface area contributed by atoms with Crippen molar-refractivity contribution in [2.45, 2.75) is 52.1 Å². The zero-order chi connectivity index (χ0) is 24.3. The monoisotopic (exact) mass is 461 g/mol. The maximum atomic E-state index is 12.4. The molecule has 0 unspecified atom stereocenters. The summed E-state index contributed by atoms with van der Waals surface area (Å²) in [5, 5.41) is 7.67. The van der Waals surface area contributed by atoms with Crippen LogP contribution >= 0.6 is 0 Å². The van der Waals surface area contributed by atoms with E-state index in [0.717, 1.165) is 41.0 Å². The number of carbonyl (C=O) groups is 2. The Morgan fingerprint density at radius 2 is 1.79 bits per heavy atom. The highest BCUT2D eigenvalue weighted by atomic mass is 16.6. The van der Waals surface area contributed by atoms with Gasteiger partial charge in [0.25, 0.3) is 0 Å². The first kappa shape index (κ1) is 23.5. The van der Waals surface area contributed by atoms with Gasteiger partial charge in [-0.25, -0.2) is 9.48 Å². The summed E-state index contributed by atoms with van der Waals surface area (Å²) in [5.74, 6) is -0.301. The lowest BCUT2D eigenvalue weighted by Crippen LogP contribution is -2.28. The number of anilines is 1. The minimum Gasteiger partial charge on any atom is -0.462 e. The number of nitrogens with zero attached hydrogens (tertiary/aromatic N) is 2. The number of carbonyl (C=O) groups excluding carboxylic acids is 2. The molecule has 0 spiro atoms. The van der Waals surface area contributed by atoms with Gasteiger partial charge in [-0.15, -0.1) is 0 Å². The van der Waals surface area contributed by atoms with E-state index in [0.29, 0.717) is 18.1 Å². The molecular formula is C27H31N3O4. The third kappa shape index (κ3) is 5.65. The molecule has 1 saturated carbocycles. The van der Waals surface area contributed by atoms with Crippen molar-refractivity contribution in [3.8, 4) is 16.8 Å². The zero-order valence-corrected chi connectivity index (χ0v) is 20.1. The number of rotatable bonds is 8. The van der Waals surface area contributed by atoms with Gasteiger partial charge in [-0.05, 0) is 75.9 Å². The Morgan fingerprint density at radius 1 is 1.09 bits per heavy atom. The van der Waals surface area contributed by atoms with E-state index in [4.69, 9.17) is 9.47 Å². The summed E-state index contributed by atoms with van der Waals surface area (Å²) in [6.07, 6.45) is 3.70. The van der Waals surface area contributed by atoms with Crippen molar-refractivity contribution in [2.24, 2.45) is 0 Å². The SMILES string of the molecule is CCOC(=O)c1cnn(-c2cccc(-c3cccc(NCC(=O)OC(C)(C)C)c3)c2)c1C1CC1. The maximum absolute atomic E-state index is 12.4. The number of aromatic nitrogens is 2.